The van der Waals surface area contributed by atoms with Crippen LogP contribution in [0.4, 0.5) is 0 Å². The van der Waals surface area contributed by atoms with E-state index in [1.807, 2.05) is 19.1 Å². The van der Waals surface area contributed by atoms with E-state index in [-0.39, 0.29) is 6.61 Å². The third kappa shape index (κ3) is 1.48. The van der Waals surface area contributed by atoms with E-state index in [0.29, 0.717) is 0 Å². The minimum absolute atomic E-state index is 0.0620. The molecule has 1 aromatic rings. The number of hydrogen-bond acceptors (Lipinski definition) is 2. The van der Waals surface area contributed by atoms with Crippen molar-refractivity contribution in [1.29, 1.82) is 0 Å². The Bertz CT molecular complexity index is 209. The van der Waals surface area contributed by atoms with Crippen LogP contribution in [-0.4, -0.2) is 11.7 Å². The van der Waals surface area contributed by atoms with Crippen LogP contribution >= 0.6 is 0 Å². The highest BCUT2D eigenvalue weighted by molar-refractivity contribution is 5.58. The summed E-state index contributed by atoms with van der Waals surface area (Å²) in [7, 11) is 0. The summed E-state index contributed by atoms with van der Waals surface area (Å²) in [6.07, 6.45) is 3.32. The molecule has 10 heavy (non-hydrogen) atoms. The van der Waals surface area contributed by atoms with Crippen molar-refractivity contribution in [3.63, 3.8) is 0 Å². The molecule has 0 saturated heterocycles. The van der Waals surface area contributed by atoms with Crippen LogP contribution in [0, 0.1) is 0 Å². The Balaban J connectivity index is 2.77. The van der Waals surface area contributed by atoms with E-state index in [9.17, 15) is 0 Å². The highest BCUT2D eigenvalue weighted by Crippen LogP contribution is 2.12. The summed E-state index contributed by atoms with van der Waals surface area (Å²) in [5.74, 6) is 0.814. The minimum atomic E-state index is 0.0620. The number of aliphatic hydroxyl groups excluding tert-OH is 1. The highest BCUT2D eigenvalue weighted by atomic mass is 16.3. The Morgan fingerprint density at radius 3 is 3.10 bits per heavy atom. The van der Waals surface area contributed by atoms with Crippen molar-refractivity contribution in [3.8, 4) is 0 Å². The van der Waals surface area contributed by atoms with Gasteiger partial charge in [-0.05, 0) is 24.6 Å². The number of allylic oxidation sites excluding steroid dienone is 1. The van der Waals surface area contributed by atoms with Crippen LogP contribution in [-0.2, 0) is 0 Å². The smallest absolute Gasteiger partial charge is 0.129 e. The second-order valence-electron chi connectivity index (χ2n) is 2.05. The molecule has 54 valence electrons. The van der Waals surface area contributed by atoms with Crippen molar-refractivity contribution in [1.82, 2.24) is 0 Å². The van der Waals surface area contributed by atoms with Crippen molar-refractivity contribution < 1.29 is 9.52 Å². The Morgan fingerprint density at radius 1 is 1.80 bits per heavy atom. The van der Waals surface area contributed by atoms with Gasteiger partial charge in [0.1, 0.15) is 5.76 Å². The van der Waals surface area contributed by atoms with Gasteiger partial charge in [0.05, 0.1) is 12.9 Å². The maximum absolute atomic E-state index is 8.52. The van der Waals surface area contributed by atoms with Crippen molar-refractivity contribution in [2.45, 2.75) is 6.92 Å². The van der Waals surface area contributed by atoms with E-state index in [1.54, 1.807) is 12.3 Å². The molecule has 0 amide bonds. The van der Waals surface area contributed by atoms with Crippen LogP contribution in [0.15, 0.2) is 28.9 Å². The predicted molar refractivity (Wildman–Crippen MR) is 39.4 cm³/mol. The summed E-state index contributed by atoms with van der Waals surface area (Å²) in [4.78, 5) is 0. The molecule has 0 aliphatic heterocycles. The monoisotopic (exact) mass is 138 g/mol. The van der Waals surface area contributed by atoms with Gasteiger partial charge in [0.2, 0.25) is 0 Å². The normalized spacial score (nSPS) is 12.0. The second-order valence-corrected chi connectivity index (χ2v) is 2.05. The maximum Gasteiger partial charge on any atom is 0.129 e. The fourth-order valence-corrected chi connectivity index (χ4v) is 0.740. The van der Waals surface area contributed by atoms with E-state index >= 15 is 0 Å². The molecular weight excluding hydrogens is 128 g/mol. The lowest BCUT2D eigenvalue weighted by molar-refractivity contribution is 0.343. The molecule has 0 aromatic carbocycles. The lowest BCUT2D eigenvalue weighted by Gasteiger charge is -1.91. The molecule has 0 saturated carbocycles. The average molecular weight is 138 g/mol. The lowest BCUT2D eigenvalue weighted by Crippen LogP contribution is -1.77. The van der Waals surface area contributed by atoms with Gasteiger partial charge in [-0.2, -0.15) is 0 Å². The first-order chi connectivity index (χ1) is 4.84. The van der Waals surface area contributed by atoms with Gasteiger partial charge in [-0.15, -0.1) is 0 Å². The first-order valence-electron chi connectivity index (χ1n) is 3.16. The molecule has 2 nitrogen and oxygen atoms in total. The molecule has 0 bridgehead atoms. The van der Waals surface area contributed by atoms with Gasteiger partial charge < -0.3 is 9.52 Å². The third-order valence-corrected chi connectivity index (χ3v) is 1.31. The van der Waals surface area contributed by atoms with E-state index < -0.39 is 0 Å². The van der Waals surface area contributed by atoms with Crippen LogP contribution in [0.3, 0.4) is 0 Å². The van der Waals surface area contributed by atoms with Crippen LogP contribution in [0.1, 0.15) is 12.7 Å². The zero-order valence-corrected chi connectivity index (χ0v) is 5.87. The first kappa shape index (κ1) is 7.09. The summed E-state index contributed by atoms with van der Waals surface area (Å²) in [5.41, 5.74) is 0.965. The Kier molecular flexibility index (Phi) is 2.29. The molecule has 0 radical (unpaired) electrons. The molecule has 1 N–H and O–H groups in total. The number of aliphatic hydroxyl groups is 1. The fraction of sp³-hybridized carbons (Fsp3) is 0.250. The molecule has 0 fully saturated rings. The predicted octanol–water partition coefficient (Wildman–Crippen LogP) is 1.68. The molecule has 0 atom stereocenters. The van der Waals surface area contributed by atoms with E-state index in [1.165, 1.54) is 0 Å². The molecule has 0 unspecified atom stereocenters. The summed E-state index contributed by atoms with van der Waals surface area (Å²) < 4.78 is 5.07. The highest BCUT2D eigenvalue weighted by Gasteiger charge is 1.94. The quantitative estimate of drug-likeness (QED) is 0.674. The zero-order valence-electron chi connectivity index (χ0n) is 5.87. The van der Waals surface area contributed by atoms with Crippen LogP contribution in [0.5, 0.6) is 0 Å². The van der Waals surface area contributed by atoms with Crippen LogP contribution < -0.4 is 0 Å². The van der Waals surface area contributed by atoms with Crippen molar-refractivity contribution >= 4 is 5.57 Å². The zero-order chi connectivity index (χ0) is 7.40. The molecule has 0 aliphatic rings. The molecule has 0 spiro atoms. The third-order valence-electron chi connectivity index (χ3n) is 1.31. The lowest BCUT2D eigenvalue weighted by atomic mass is 10.2. The summed E-state index contributed by atoms with van der Waals surface area (Å²) in [6, 6.07) is 3.69. The van der Waals surface area contributed by atoms with E-state index in [0.717, 1.165) is 11.3 Å². The molecule has 0 aliphatic carbocycles. The van der Waals surface area contributed by atoms with Crippen molar-refractivity contribution in [3.05, 3.63) is 30.2 Å². The molecule has 1 rings (SSSR count). The van der Waals surface area contributed by atoms with Crippen molar-refractivity contribution in [2.24, 2.45) is 0 Å². The number of rotatable bonds is 2. The van der Waals surface area contributed by atoms with E-state index in [2.05, 4.69) is 0 Å². The van der Waals surface area contributed by atoms with Gasteiger partial charge in [0.15, 0.2) is 0 Å². The molecule has 1 aromatic heterocycles. The Morgan fingerprint density at radius 2 is 2.60 bits per heavy atom. The van der Waals surface area contributed by atoms with Gasteiger partial charge in [-0.25, -0.2) is 0 Å². The summed E-state index contributed by atoms with van der Waals surface area (Å²) >= 11 is 0. The van der Waals surface area contributed by atoms with Crippen molar-refractivity contribution in [2.75, 3.05) is 6.61 Å². The fourth-order valence-electron chi connectivity index (χ4n) is 0.740. The minimum Gasteiger partial charge on any atom is -0.465 e. The topological polar surface area (TPSA) is 33.4 Å². The molecule has 2 heteroatoms. The number of hydrogen-bond donors (Lipinski definition) is 1. The Hall–Kier alpha value is -1.02. The van der Waals surface area contributed by atoms with Gasteiger partial charge in [-0.3, -0.25) is 0 Å². The van der Waals surface area contributed by atoms with Crippen LogP contribution in [0.25, 0.3) is 5.57 Å². The molecular formula is C8H10O2. The standard InChI is InChI=1S/C8H10O2/c1-7(4-5-9)8-3-2-6-10-8/h2-4,6,9H,5H2,1H3/b7-4-. The maximum atomic E-state index is 8.52. The average Bonchev–Trinajstić information content (AvgIpc) is 2.38. The summed E-state index contributed by atoms with van der Waals surface area (Å²) in [6.45, 7) is 1.96. The first-order valence-corrected chi connectivity index (χ1v) is 3.16. The van der Waals surface area contributed by atoms with Crippen LogP contribution in [0.2, 0.25) is 0 Å². The van der Waals surface area contributed by atoms with Gasteiger partial charge in [-0.1, -0.05) is 6.08 Å². The largest absolute Gasteiger partial charge is 0.465 e. The van der Waals surface area contributed by atoms with Gasteiger partial charge >= 0.3 is 0 Å². The number of furan rings is 1. The molecule has 1 heterocycles. The second kappa shape index (κ2) is 3.22. The van der Waals surface area contributed by atoms with Gasteiger partial charge in [0, 0.05) is 0 Å². The Labute approximate surface area is 59.8 Å². The van der Waals surface area contributed by atoms with E-state index in [4.69, 9.17) is 9.52 Å². The van der Waals surface area contributed by atoms with Gasteiger partial charge in [0.25, 0.3) is 0 Å². The SMILES string of the molecule is C/C(=C/CO)c1ccco1. The summed E-state index contributed by atoms with van der Waals surface area (Å²) in [5, 5.41) is 8.52.